The van der Waals surface area contributed by atoms with Crippen molar-refractivity contribution in [1.29, 1.82) is 0 Å². The molecule has 1 aromatic rings. The van der Waals surface area contributed by atoms with Gasteiger partial charge in [0, 0.05) is 18.6 Å². The van der Waals surface area contributed by atoms with Crippen LogP contribution in [0.15, 0.2) is 18.2 Å². The summed E-state index contributed by atoms with van der Waals surface area (Å²) in [5.41, 5.74) is 4.56. The Hall–Kier alpha value is -0.860. The van der Waals surface area contributed by atoms with Gasteiger partial charge in [-0.3, -0.25) is 0 Å². The fourth-order valence-electron chi connectivity index (χ4n) is 2.98. The van der Waals surface area contributed by atoms with Crippen molar-refractivity contribution in [3.05, 3.63) is 34.9 Å². The van der Waals surface area contributed by atoms with Gasteiger partial charge in [0.1, 0.15) is 0 Å². The van der Waals surface area contributed by atoms with Crippen LogP contribution in [-0.2, 0) is 12.8 Å². The van der Waals surface area contributed by atoms with Crippen molar-refractivity contribution in [2.75, 3.05) is 20.6 Å². The maximum absolute atomic E-state index is 3.68. The van der Waals surface area contributed by atoms with Crippen molar-refractivity contribution in [3.63, 3.8) is 0 Å². The molecule has 100 valence electrons. The zero-order valence-corrected chi connectivity index (χ0v) is 12.2. The number of rotatable bonds is 5. The minimum Gasteiger partial charge on any atom is -0.308 e. The molecular formula is C16H26N2. The van der Waals surface area contributed by atoms with Crippen LogP contribution in [0.3, 0.4) is 0 Å². The number of aryl methyl sites for hydroxylation is 2. The van der Waals surface area contributed by atoms with E-state index in [4.69, 9.17) is 0 Å². The molecule has 18 heavy (non-hydrogen) atoms. The quantitative estimate of drug-likeness (QED) is 0.859. The highest BCUT2D eigenvalue weighted by Crippen LogP contribution is 2.25. The number of hydrogen-bond donors (Lipinski definition) is 1. The summed E-state index contributed by atoms with van der Waals surface area (Å²) in [6, 6.07) is 7.98. The summed E-state index contributed by atoms with van der Waals surface area (Å²) < 4.78 is 0. The van der Waals surface area contributed by atoms with Gasteiger partial charge in [0.05, 0.1) is 0 Å². The van der Waals surface area contributed by atoms with Gasteiger partial charge < -0.3 is 10.2 Å². The van der Waals surface area contributed by atoms with E-state index >= 15 is 0 Å². The number of likely N-dealkylation sites (N-methyl/N-ethyl adjacent to an activating group) is 1. The third-order valence-corrected chi connectivity index (χ3v) is 3.80. The molecule has 1 aliphatic rings. The summed E-state index contributed by atoms with van der Waals surface area (Å²) >= 11 is 0. The minimum absolute atomic E-state index is 0.436. The number of hydrogen-bond acceptors (Lipinski definition) is 2. The van der Waals surface area contributed by atoms with Crippen molar-refractivity contribution in [2.45, 2.75) is 45.2 Å². The second-order valence-electron chi connectivity index (χ2n) is 5.93. The fourth-order valence-corrected chi connectivity index (χ4v) is 2.98. The van der Waals surface area contributed by atoms with E-state index in [1.165, 1.54) is 24.8 Å². The van der Waals surface area contributed by atoms with E-state index in [0.717, 1.165) is 6.54 Å². The van der Waals surface area contributed by atoms with Crippen LogP contribution in [0.2, 0.25) is 0 Å². The molecule has 0 spiro atoms. The lowest BCUT2D eigenvalue weighted by Crippen LogP contribution is -2.37. The molecule has 2 rings (SSSR count). The average Bonchev–Trinajstić information content (AvgIpc) is 2.74. The molecule has 0 aromatic heterocycles. The van der Waals surface area contributed by atoms with E-state index in [1.54, 1.807) is 11.1 Å². The van der Waals surface area contributed by atoms with Crippen molar-refractivity contribution in [2.24, 2.45) is 0 Å². The normalized spacial score (nSPS) is 17.8. The van der Waals surface area contributed by atoms with E-state index < -0.39 is 0 Å². The Bertz CT molecular complexity index is 398. The maximum atomic E-state index is 3.68. The monoisotopic (exact) mass is 246 g/mol. The molecule has 2 nitrogen and oxygen atoms in total. The molecule has 1 N–H and O–H groups in total. The summed E-state index contributed by atoms with van der Waals surface area (Å²) in [6.07, 6.45) is 3.87. The second kappa shape index (κ2) is 5.85. The Morgan fingerprint density at radius 2 is 1.89 bits per heavy atom. The molecule has 2 unspecified atom stereocenters. The molecule has 1 aliphatic carbocycles. The van der Waals surface area contributed by atoms with Gasteiger partial charge >= 0.3 is 0 Å². The molecule has 0 aliphatic heterocycles. The van der Waals surface area contributed by atoms with E-state index in [1.807, 2.05) is 0 Å². The van der Waals surface area contributed by atoms with Crippen LogP contribution in [0, 0.1) is 0 Å². The van der Waals surface area contributed by atoms with Gasteiger partial charge in [0.15, 0.2) is 0 Å². The van der Waals surface area contributed by atoms with Gasteiger partial charge in [0.25, 0.3) is 0 Å². The third kappa shape index (κ3) is 3.33. The Morgan fingerprint density at radius 1 is 1.17 bits per heavy atom. The van der Waals surface area contributed by atoms with Gasteiger partial charge in [-0.15, -0.1) is 0 Å². The van der Waals surface area contributed by atoms with Crippen molar-refractivity contribution < 1.29 is 0 Å². The Balaban J connectivity index is 1.98. The molecule has 0 fully saturated rings. The largest absolute Gasteiger partial charge is 0.308 e. The molecule has 0 radical (unpaired) electrons. The van der Waals surface area contributed by atoms with Crippen molar-refractivity contribution in [1.82, 2.24) is 10.2 Å². The van der Waals surface area contributed by atoms with Gasteiger partial charge in [-0.1, -0.05) is 18.2 Å². The average molecular weight is 246 g/mol. The van der Waals surface area contributed by atoms with Gasteiger partial charge in [-0.05, 0) is 63.9 Å². The molecular weight excluding hydrogens is 220 g/mol. The van der Waals surface area contributed by atoms with E-state index in [0.29, 0.717) is 12.1 Å². The number of nitrogens with one attached hydrogen (secondary N) is 1. The fraction of sp³-hybridized carbons (Fsp3) is 0.625. The van der Waals surface area contributed by atoms with Gasteiger partial charge in [-0.2, -0.15) is 0 Å². The smallest absolute Gasteiger partial charge is 0.0294 e. The molecule has 2 atom stereocenters. The third-order valence-electron chi connectivity index (χ3n) is 3.80. The molecule has 0 saturated carbocycles. The number of benzene rings is 1. The number of fused-ring (bicyclic) bond motifs is 1. The summed E-state index contributed by atoms with van der Waals surface area (Å²) in [7, 11) is 4.25. The first-order valence-electron chi connectivity index (χ1n) is 7.08. The zero-order valence-electron chi connectivity index (χ0n) is 12.2. The summed E-state index contributed by atoms with van der Waals surface area (Å²) in [4.78, 5) is 2.23. The van der Waals surface area contributed by atoms with Gasteiger partial charge in [-0.25, -0.2) is 0 Å². The highest BCUT2D eigenvalue weighted by molar-refractivity contribution is 5.36. The maximum Gasteiger partial charge on any atom is 0.0294 e. The lowest BCUT2D eigenvalue weighted by atomic mass is 10.0. The van der Waals surface area contributed by atoms with Gasteiger partial charge in [0.2, 0.25) is 0 Å². The van der Waals surface area contributed by atoms with Crippen LogP contribution in [-0.4, -0.2) is 31.6 Å². The Labute approximate surface area is 111 Å². The molecule has 0 amide bonds. The van der Waals surface area contributed by atoms with Crippen LogP contribution < -0.4 is 5.32 Å². The first-order chi connectivity index (χ1) is 8.56. The second-order valence-corrected chi connectivity index (χ2v) is 5.93. The standard InChI is InChI=1S/C16H26N2/c1-12(11-18(3)4)17-13(2)15-9-8-14-6-5-7-16(14)10-15/h8-10,12-13,17H,5-7,11H2,1-4H3. The first kappa shape index (κ1) is 13.6. The number of nitrogens with zero attached hydrogens (tertiary/aromatic N) is 1. The topological polar surface area (TPSA) is 15.3 Å². The molecule has 1 aromatic carbocycles. The molecule has 0 heterocycles. The molecule has 0 bridgehead atoms. The Morgan fingerprint density at radius 3 is 2.61 bits per heavy atom. The highest BCUT2D eigenvalue weighted by Gasteiger charge is 2.14. The van der Waals surface area contributed by atoms with Crippen molar-refractivity contribution in [3.8, 4) is 0 Å². The SMILES string of the molecule is CC(CN(C)C)NC(C)c1ccc2c(c1)CCC2. The predicted molar refractivity (Wildman–Crippen MR) is 78.0 cm³/mol. The Kier molecular flexibility index (Phi) is 4.41. The van der Waals surface area contributed by atoms with Crippen LogP contribution in [0.25, 0.3) is 0 Å². The zero-order chi connectivity index (χ0) is 13.1. The molecule has 2 heteroatoms. The van der Waals surface area contributed by atoms with Crippen LogP contribution in [0.5, 0.6) is 0 Å². The van der Waals surface area contributed by atoms with E-state index in [9.17, 15) is 0 Å². The van der Waals surface area contributed by atoms with Crippen LogP contribution >= 0.6 is 0 Å². The predicted octanol–water partition coefficient (Wildman–Crippen LogP) is 2.78. The van der Waals surface area contributed by atoms with Crippen molar-refractivity contribution >= 4 is 0 Å². The highest BCUT2D eigenvalue weighted by atomic mass is 15.1. The summed E-state index contributed by atoms with van der Waals surface area (Å²) in [5.74, 6) is 0. The van der Waals surface area contributed by atoms with E-state index in [2.05, 4.69) is 56.4 Å². The van der Waals surface area contributed by atoms with E-state index in [-0.39, 0.29) is 0 Å². The first-order valence-corrected chi connectivity index (χ1v) is 7.08. The summed E-state index contributed by atoms with van der Waals surface area (Å²) in [5, 5.41) is 3.68. The summed E-state index contributed by atoms with van der Waals surface area (Å²) in [6.45, 7) is 5.60. The molecule has 0 saturated heterocycles. The lowest BCUT2D eigenvalue weighted by Gasteiger charge is -2.23. The minimum atomic E-state index is 0.436. The van der Waals surface area contributed by atoms with Crippen LogP contribution in [0.1, 0.15) is 43.0 Å². The lowest BCUT2D eigenvalue weighted by molar-refractivity contribution is 0.334. The van der Waals surface area contributed by atoms with Crippen LogP contribution in [0.4, 0.5) is 0 Å².